The van der Waals surface area contributed by atoms with E-state index in [0.717, 1.165) is 16.9 Å². The van der Waals surface area contributed by atoms with Gasteiger partial charge in [-0.15, -0.1) is 0 Å². The summed E-state index contributed by atoms with van der Waals surface area (Å²) in [7, 11) is 1.62. The molecule has 2 amide bonds. The van der Waals surface area contributed by atoms with E-state index >= 15 is 0 Å². The van der Waals surface area contributed by atoms with Crippen molar-refractivity contribution >= 4 is 17.5 Å². The van der Waals surface area contributed by atoms with Crippen LogP contribution in [0.2, 0.25) is 0 Å². The lowest BCUT2D eigenvalue weighted by atomic mass is 10.0. The Morgan fingerprint density at radius 1 is 1.30 bits per heavy atom. The molecule has 1 heterocycles. The van der Waals surface area contributed by atoms with Crippen LogP contribution in [0.3, 0.4) is 0 Å². The Bertz CT molecular complexity index is 850. The van der Waals surface area contributed by atoms with Gasteiger partial charge in [0.15, 0.2) is 6.61 Å². The zero-order chi connectivity index (χ0) is 19.4. The van der Waals surface area contributed by atoms with E-state index in [1.54, 1.807) is 12.0 Å². The highest BCUT2D eigenvalue weighted by molar-refractivity contribution is 5.98. The minimum atomic E-state index is -0.194. The summed E-state index contributed by atoms with van der Waals surface area (Å²) in [5, 5.41) is 2.99. The lowest BCUT2D eigenvalue weighted by Crippen LogP contribution is -2.41. The first-order valence-electron chi connectivity index (χ1n) is 8.95. The van der Waals surface area contributed by atoms with Gasteiger partial charge in [-0.2, -0.15) is 0 Å². The number of aryl methyl sites for hydroxylation is 1. The van der Waals surface area contributed by atoms with Crippen LogP contribution in [0.5, 0.6) is 11.5 Å². The predicted molar refractivity (Wildman–Crippen MR) is 103 cm³/mol. The van der Waals surface area contributed by atoms with Crippen molar-refractivity contribution in [2.45, 2.75) is 26.3 Å². The number of hydrogen-bond donors (Lipinski definition) is 1. The number of hydrogen-bond acceptors (Lipinski definition) is 4. The monoisotopic (exact) mass is 368 g/mol. The first-order valence-corrected chi connectivity index (χ1v) is 8.95. The number of para-hydroxylation sites is 2. The smallest absolute Gasteiger partial charge is 0.265 e. The van der Waals surface area contributed by atoms with Gasteiger partial charge in [-0.1, -0.05) is 29.8 Å². The molecule has 0 spiro atoms. The van der Waals surface area contributed by atoms with Crippen LogP contribution in [0.4, 0.5) is 5.69 Å². The summed E-state index contributed by atoms with van der Waals surface area (Å²) in [6.45, 7) is 4.22. The predicted octanol–water partition coefficient (Wildman–Crippen LogP) is 3.00. The van der Waals surface area contributed by atoms with Gasteiger partial charge >= 0.3 is 0 Å². The van der Waals surface area contributed by atoms with Crippen LogP contribution in [-0.4, -0.2) is 32.1 Å². The standard InChI is InChI=1S/C21H24N2O4/c1-14-8-9-18(26-3)16(12-14)15(2)22-20(24)10-11-23-17-6-4-5-7-19(17)27-13-21(23)25/h4-9,12,15H,10-11,13H2,1-3H3,(H,22,24)/t15-/m0/s1. The van der Waals surface area contributed by atoms with Crippen LogP contribution < -0.4 is 19.7 Å². The number of benzene rings is 2. The first-order chi connectivity index (χ1) is 13.0. The molecule has 3 rings (SSSR count). The average Bonchev–Trinajstić information content (AvgIpc) is 2.67. The molecular weight excluding hydrogens is 344 g/mol. The first kappa shape index (κ1) is 18.8. The van der Waals surface area contributed by atoms with E-state index in [1.807, 2.05) is 56.3 Å². The van der Waals surface area contributed by atoms with Gasteiger partial charge in [0, 0.05) is 18.5 Å². The molecule has 2 aromatic rings. The topological polar surface area (TPSA) is 67.9 Å². The second kappa shape index (κ2) is 8.12. The maximum atomic E-state index is 12.5. The van der Waals surface area contributed by atoms with E-state index < -0.39 is 0 Å². The molecule has 0 fully saturated rings. The van der Waals surface area contributed by atoms with Gasteiger partial charge in [0.1, 0.15) is 11.5 Å². The number of anilines is 1. The molecule has 1 N–H and O–H groups in total. The van der Waals surface area contributed by atoms with E-state index in [-0.39, 0.29) is 30.9 Å². The minimum absolute atomic E-state index is 0.00444. The van der Waals surface area contributed by atoms with Crippen molar-refractivity contribution in [3.63, 3.8) is 0 Å². The third-order valence-electron chi connectivity index (χ3n) is 4.60. The average molecular weight is 368 g/mol. The molecule has 6 heteroatoms. The lowest BCUT2D eigenvalue weighted by molar-refractivity contribution is -0.122. The fraction of sp³-hybridized carbons (Fsp3) is 0.333. The van der Waals surface area contributed by atoms with Gasteiger partial charge < -0.3 is 19.7 Å². The Labute approximate surface area is 159 Å². The van der Waals surface area contributed by atoms with Crippen LogP contribution in [0.1, 0.15) is 30.5 Å². The number of nitrogens with one attached hydrogen (secondary N) is 1. The summed E-state index contributed by atoms with van der Waals surface area (Å²) in [4.78, 5) is 26.2. The number of rotatable bonds is 6. The van der Waals surface area contributed by atoms with Gasteiger partial charge in [-0.3, -0.25) is 9.59 Å². The fourth-order valence-electron chi connectivity index (χ4n) is 3.20. The maximum Gasteiger partial charge on any atom is 0.265 e. The Hall–Kier alpha value is -3.02. The summed E-state index contributed by atoms with van der Waals surface area (Å²) < 4.78 is 10.8. The van der Waals surface area contributed by atoms with Crippen molar-refractivity contribution < 1.29 is 19.1 Å². The summed E-state index contributed by atoms with van der Waals surface area (Å²) in [6, 6.07) is 13.0. The summed E-state index contributed by atoms with van der Waals surface area (Å²) in [5.74, 6) is 1.14. The molecule has 0 aromatic heterocycles. The molecule has 6 nitrogen and oxygen atoms in total. The lowest BCUT2D eigenvalue weighted by Gasteiger charge is -2.29. The van der Waals surface area contributed by atoms with Gasteiger partial charge in [0.05, 0.1) is 18.8 Å². The SMILES string of the molecule is COc1ccc(C)cc1[C@H](C)NC(=O)CCN1C(=O)COc2ccccc21. The molecule has 27 heavy (non-hydrogen) atoms. The van der Waals surface area contributed by atoms with E-state index in [9.17, 15) is 9.59 Å². The largest absolute Gasteiger partial charge is 0.496 e. The number of ether oxygens (including phenoxy) is 2. The van der Waals surface area contributed by atoms with E-state index in [0.29, 0.717) is 18.0 Å². The van der Waals surface area contributed by atoms with Crippen molar-refractivity contribution in [1.29, 1.82) is 0 Å². The zero-order valence-electron chi connectivity index (χ0n) is 15.8. The molecule has 0 aliphatic carbocycles. The highest BCUT2D eigenvalue weighted by Crippen LogP contribution is 2.31. The van der Waals surface area contributed by atoms with Crippen molar-refractivity contribution in [1.82, 2.24) is 5.32 Å². The highest BCUT2D eigenvalue weighted by atomic mass is 16.5. The van der Waals surface area contributed by atoms with Crippen LogP contribution in [-0.2, 0) is 9.59 Å². The van der Waals surface area contributed by atoms with Crippen LogP contribution in [0, 0.1) is 6.92 Å². The fourth-order valence-corrected chi connectivity index (χ4v) is 3.20. The molecule has 0 saturated heterocycles. The molecule has 1 aliphatic heterocycles. The third kappa shape index (κ3) is 4.22. The van der Waals surface area contributed by atoms with Crippen molar-refractivity contribution in [2.75, 3.05) is 25.2 Å². The normalized spacial score (nSPS) is 14.2. The van der Waals surface area contributed by atoms with Crippen molar-refractivity contribution in [2.24, 2.45) is 0 Å². The number of methoxy groups -OCH3 is 1. The second-order valence-electron chi connectivity index (χ2n) is 6.59. The molecule has 2 aromatic carbocycles. The highest BCUT2D eigenvalue weighted by Gasteiger charge is 2.25. The van der Waals surface area contributed by atoms with Crippen LogP contribution >= 0.6 is 0 Å². The van der Waals surface area contributed by atoms with Crippen LogP contribution in [0.15, 0.2) is 42.5 Å². The van der Waals surface area contributed by atoms with Gasteiger partial charge in [0.25, 0.3) is 5.91 Å². The Kier molecular flexibility index (Phi) is 5.64. The summed E-state index contributed by atoms with van der Waals surface area (Å²) in [5.41, 5.74) is 2.73. The number of nitrogens with zero attached hydrogens (tertiary/aromatic N) is 1. The van der Waals surface area contributed by atoms with Gasteiger partial charge in [-0.25, -0.2) is 0 Å². The summed E-state index contributed by atoms with van der Waals surface area (Å²) >= 11 is 0. The molecule has 0 unspecified atom stereocenters. The number of carbonyl (C=O) groups excluding carboxylic acids is 2. The van der Waals surface area contributed by atoms with Gasteiger partial charge in [-0.05, 0) is 32.0 Å². The quantitative estimate of drug-likeness (QED) is 0.851. The zero-order valence-corrected chi connectivity index (χ0v) is 15.8. The second-order valence-corrected chi connectivity index (χ2v) is 6.59. The molecule has 142 valence electrons. The third-order valence-corrected chi connectivity index (χ3v) is 4.60. The Morgan fingerprint density at radius 2 is 2.07 bits per heavy atom. The van der Waals surface area contributed by atoms with E-state index in [4.69, 9.17) is 9.47 Å². The Balaban J connectivity index is 1.63. The van der Waals surface area contributed by atoms with Crippen molar-refractivity contribution in [3.8, 4) is 11.5 Å². The molecule has 0 saturated carbocycles. The number of carbonyl (C=O) groups is 2. The summed E-state index contributed by atoms with van der Waals surface area (Å²) in [6.07, 6.45) is 0.207. The number of amides is 2. The maximum absolute atomic E-state index is 12.5. The molecule has 0 radical (unpaired) electrons. The molecule has 0 bridgehead atoms. The van der Waals surface area contributed by atoms with Gasteiger partial charge in [0.2, 0.25) is 5.91 Å². The number of fused-ring (bicyclic) bond motifs is 1. The molecule has 1 atom stereocenters. The van der Waals surface area contributed by atoms with Crippen molar-refractivity contribution in [3.05, 3.63) is 53.6 Å². The van der Waals surface area contributed by atoms with Crippen LogP contribution in [0.25, 0.3) is 0 Å². The van der Waals surface area contributed by atoms with E-state index in [1.165, 1.54) is 0 Å². The molecular formula is C21H24N2O4. The van der Waals surface area contributed by atoms with E-state index in [2.05, 4.69) is 5.32 Å². The molecule has 1 aliphatic rings. The Morgan fingerprint density at radius 3 is 2.85 bits per heavy atom. The minimum Gasteiger partial charge on any atom is -0.496 e.